The van der Waals surface area contributed by atoms with E-state index < -0.39 is 17.9 Å². The number of carbonyl (C=O) groups is 2. The summed E-state index contributed by atoms with van der Waals surface area (Å²) in [4.78, 5) is 21.1. The third-order valence-electron chi connectivity index (χ3n) is 2.30. The largest absolute Gasteiger partial charge is 0.481 e. The van der Waals surface area contributed by atoms with E-state index in [4.69, 9.17) is 10.2 Å². The number of hydrogen-bond acceptors (Lipinski definition) is 2. The minimum Gasteiger partial charge on any atom is -0.481 e. The molecular weight excluding hydrogens is 220 g/mol. The van der Waals surface area contributed by atoms with Crippen molar-refractivity contribution >= 4 is 11.9 Å². The van der Waals surface area contributed by atoms with Gasteiger partial charge in [0.25, 0.3) is 0 Å². The van der Waals surface area contributed by atoms with Gasteiger partial charge in [-0.1, -0.05) is 45.8 Å². The third-order valence-corrected chi connectivity index (χ3v) is 2.30. The maximum absolute atomic E-state index is 10.7. The van der Waals surface area contributed by atoms with Crippen LogP contribution in [-0.2, 0) is 9.59 Å². The molecule has 0 aromatic heterocycles. The molecular formula is C13H24O4. The quantitative estimate of drug-likeness (QED) is 0.482. The molecule has 100 valence electrons. The fraction of sp³-hybridized carbons (Fsp3) is 0.692. The SMILES string of the molecule is C.CCCCCCC=CC(CC(=O)O)C(=O)O. The molecule has 0 saturated heterocycles. The van der Waals surface area contributed by atoms with Crippen molar-refractivity contribution < 1.29 is 19.8 Å². The minimum absolute atomic E-state index is 0. The average Bonchev–Trinajstić information content (AvgIpc) is 2.20. The van der Waals surface area contributed by atoms with Crippen molar-refractivity contribution in [3.8, 4) is 0 Å². The van der Waals surface area contributed by atoms with Crippen molar-refractivity contribution in [2.45, 2.75) is 52.9 Å². The van der Waals surface area contributed by atoms with Crippen LogP contribution >= 0.6 is 0 Å². The molecule has 0 fully saturated rings. The van der Waals surface area contributed by atoms with Gasteiger partial charge in [0.1, 0.15) is 0 Å². The van der Waals surface area contributed by atoms with Gasteiger partial charge in [-0.3, -0.25) is 9.59 Å². The molecule has 0 rings (SSSR count). The van der Waals surface area contributed by atoms with E-state index in [9.17, 15) is 9.59 Å². The monoisotopic (exact) mass is 244 g/mol. The van der Waals surface area contributed by atoms with Gasteiger partial charge in [0.05, 0.1) is 12.3 Å². The second-order valence-corrected chi connectivity index (χ2v) is 3.82. The first-order valence-corrected chi connectivity index (χ1v) is 5.69. The summed E-state index contributed by atoms with van der Waals surface area (Å²) in [6.45, 7) is 2.13. The lowest BCUT2D eigenvalue weighted by Crippen LogP contribution is -2.15. The van der Waals surface area contributed by atoms with Gasteiger partial charge in [-0.05, 0) is 12.8 Å². The van der Waals surface area contributed by atoms with Crippen LogP contribution in [0.2, 0.25) is 0 Å². The van der Waals surface area contributed by atoms with Crippen LogP contribution in [0.15, 0.2) is 12.2 Å². The molecule has 17 heavy (non-hydrogen) atoms. The van der Waals surface area contributed by atoms with Gasteiger partial charge in [0.15, 0.2) is 0 Å². The van der Waals surface area contributed by atoms with Gasteiger partial charge in [-0.2, -0.15) is 0 Å². The predicted molar refractivity (Wildman–Crippen MR) is 68.0 cm³/mol. The molecule has 0 radical (unpaired) electrons. The van der Waals surface area contributed by atoms with E-state index in [-0.39, 0.29) is 13.8 Å². The van der Waals surface area contributed by atoms with Crippen molar-refractivity contribution in [3.05, 3.63) is 12.2 Å². The molecule has 0 bridgehead atoms. The molecule has 0 saturated carbocycles. The lowest BCUT2D eigenvalue weighted by atomic mass is 10.0. The second-order valence-electron chi connectivity index (χ2n) is 3.82. The smallest absolute Gasteiger partial charge is 0.310 e. The molecule has 4 nitrogen and oxygen atoms in total. The number of allylic oxidation sites excluding steroid dienone is 1. The molecule has 1 unspecified atom stereocenters. The Balaban J connectivity index is 0. The van der Waals surface area contributed by atoms with Crippen LogP contribution < -0.4 is 0 Å². The second kappa shape index (κ2) is 11.2. The van der Waals surface area contributed by atoms with Gasteiger partial charge < -0.3 is 10.2 Å². The molecule has 1 atom stereocenters. The number of carboxylic acid groups (broad SMARTS) is 2. The molecule has 0 heterocycles. The summed E-state index contributed by atoms with van der Waals surface area (Å²) in [5, 5.41) is 17.3. The van der Waals surface area contributed by atoms with Gasteiger partial charge in [0.2, 0.25) is 0 Å². The van der Waals surface area contributed by atoms with Crippen molar-refractivity contribution in [1.29, 1.82) is 0 Å². The Labute approximate surface area is 103 Å². The average molecular weight is 244 g/mol. The van der Waals surface area contributed by atoms with E-state index >= 15 is 0 Å². The summed E-state index contributed by atoms with van der Waals surface area (Å²) in [7, 11) is 0. The molecule has 0 spiro atoms. The van der Waals surface area contributed by atoms with Crippen molar-refractivity contribution in [2.24, 2.45) is 5.92 Å². The first-order chi connectivity index (χ1) is 7.57. The Morgan fingerprint density at radius 3 is 2.29 bits per heavy atom. The standard InChI is InChI=1S/C12H20O4.CH4/c1-2-3-4-5-6-7-8-10(12(15)16)9-11(13)14;/h7-8,10H,2-6,9H2,1H3,(H,13,14)(H,15,16);1H4. The number of unbranched alkanes of at least 4 members (excludes halogenated alkanes) is 4. The maximum atomic E-state index is 10.7. The number of aliphatic carboxylic acids is 2. The first-order valence-electron chi connectivity index (χ1n) is 5.69. The number of hydrogen-bond donors (Lipinski definition) is 2. The Morgan fingerprint density at radius 2 is 1.82 bits per heavy atom. The van der Waals surface area contributed by atoms with Crippen LogP contribution in [0.4, 0.5) is 0 Å². The molecule has 0 aliphatic heterocycles. The Hall–Kier alpha value is -1.32. The van der Waals surface area contributed by atoms with Crippen LogP contribution in [0.1, 0.15) is 52.9 Å². The molecule has 0 aliphatic rings. The normalized spacial score (nSPS) is 12.1. The van der Waals surface area contributed by atoms with Gasteiger partial charge in [-0.25, -0.2) is 0 Å². The zero-order valence-electron chi connectivity index (χ0n) is 9.69. The summed E-state index contributed by atoms with van der Waals surface area (Å²) in [5.41, 5.74) is 0. The lowest BCUT2D eigenvalue weighted by molar-refractivity contribution is -0.146. The summed E-state index contributed by atoms with van der Waals surface area (Å²) in [6.07, 6.45) is 8.26. The Morgan fingerprint density at radius 1 is 1.18 bits per heavy atom. The van der Waals surface area contributed by atoms with Crippen LogP contribution in [0, 0.1) is 5.92 Å². The highest BCUT2D eigenvalue weighted by atomic mass is 16.4. The summed E-state index contributed by atoms with van der Waals surface area (Å²) in [5.74, 6) is -3.06. The van der Waals surface area contributed by atoms with Crippen molar-refractivity contribution in [3.63, 3.8) is 0 Å². The highest BCUT2D eigenvalue weighted by Gasteiger charge is 2.17. The fourth-order valence-electron chi connectivity index (χ4n) is 1.38. The third kappa shape index (κ3) is 11.0. The van der Waals surface area contributed by atoms with E-state index in [1.807, 2.05) is 0 Å². The highest BCUT2D eigenvalue weighted by Crippen LogP contribution is 2.08. The van der Waals surface area contributed by atoms with Crippen LogP contribution in [0.25, 0.3) is 0 Å². The van der Waals surface area contributed by atoms with E-state index in [0.717, 1.165) is 19.3 Å². The van der Waals surface area contributed by atoms with Crippen LogP contribution in [0.3, 0.4) is 0 Å². The van der Waals surface area contributed by atoms with E-state index in [2.05, 4.69) is 6.92 Å². The van der Waals surface area contributed by atoms with Crippen molar-refractivity contribution in [2.75, 3.05) is 0 Å². The molecule has 4 heteroatoms. The number of rotatable bonds is 9. The van der Waals surface area contributed by atoms with E-state index in [1.165, 1.54) is 18.9 Å². The molecule has 0 amide bonds. The summed E-state index contributed by atoms with van der Waals surface area (Å²) in [6, 6.07) is 0. The molecule has 0 aromatic rings. The van der Waals surface area contributed by atoms with Gasteiger partial charge >= 0.3 is 11.9 Å². The summed E-state index contributed by atoms with van der Waals surface area (Å²) < 4.78 is 0. The summed E-state index contributed by atoms with van der Waals surface area (Å²) >= 11 is 0. The van der Waals surface area contributed by atoms with Crippen LogP contribution in [-0.4, -0.2) is 22.2 Å². The lowest BCUT2D eigenvalue weighted by Gasteiger charge is -2.03. The number of carboxylic acids is 2. The Kier molecular flexibility index (Phi) is 11.9. The maximum Gasteiger partial charge on any atom is 0.310 e. The molecule has 0 aliphatic carbocycles. The van der Waals surface area contributed by atoms with Gasteiger partial charge in [0, 0.05) is 0 Å². The predicted octanol–water partition coefficient (Wildman–Crippen LogP) is 3.32. The van der Waals surface area contributed by atoms with E-state index in [1.54, 1.807) is 6.08 Å². The zero-order valence-corrected chi connectivity index (χ0v) is 9.69. The first kappa shape index (κ1) is 18.1. The van der Waals surface area contributed by atoms with E-state index in [0.29, 0.717) is 0 Å². The zero-order chi connectivity index (χ0) is 12.4. The highest BCUT2D eigenvalue weighted by molar-refractivity contribution is 5.79. The fourth-order valence-corrected chi connectivity index (χ4v) is 1.38. The Bertz CT molecular complexity index is 246. The van der Waals surface area contributed by atoms with Crippen LogP contribution in [0.5, 0.6) is 0 Å². The molecule has 2 N–H and O–H groups in total. The van der Waals surface area contributed by atoms with Gasteiger partial charge in [-0.15, -0.1) is 0 Å². The van der Waals surface area contributed by atoms with Crippen molar-refractivity contribution in [1.82, 2.24) is 0 Å². The molecule has 0 aromatic carbocycles. The minimum atomic E-state index is -1.08. The topological polar surface area (TPSA) is 74.6 Å².